The molecule has 5 heteroatoms. The molecule has 1 fully saturated rings. The molecule has 1 aliphatic rings. The first-order chi connectivity index (χ1) is 8.61. The molecule has 18 heavy (non-hydrogen) atoms. The highest BCUT2D eigenvalue weighted by Crippen LogP contribution is 2.32. The third kappa shape index (κ3) is 3.11. The Hall–Kier alpha value is -0.450. The van der Waals surface area contributed by atoms with Gasteiger partial charge in [0.2, 0.25) is 0 Å². The molecule has 0 spiro atoms. The molecule has 98 valence electrons. The second-order valence-electron chi connectivity index (χ2n) is 4.51. The minimum absolute atomic E-state index is 0.388. The number of hydrogen-bond acceptors (Lipinski definition) is 3. The molecule has 3 N–H and O–H groups in total. The molecule has 0 aliphatic heterocycles. The van der Waals surface area contributed by atoms with E-state index in [0.717, 1.165) is 11.3 Å². The molecule has 1 aliphatic carbocycles. The van der Waals surface area contributed by atoms with Crippen molar-refractivity contribution in [3.63, 3.8) is 0 Å². The second kappa shape index (κ2) is 6.13. The van der Waals surface area contributed by atoms with Crippen molar-refractivity contribution in [2.24, 2.45) is 5.73 Å². The summed E-state index contributed by atoms with van der Waals surface area (Å²) < 4.78 is 0. The quantitative estimate of drug-likeness (QED) is 0.832. The van der Waals surface area contributed by atoms with E-state index in [9.17, 15) is 0 Å². The van der Waals surface area contributed by atoms with Gasteiger partial charge in [0, 0.05) is 27.6 Å². The van der Waals surface area contributed by atoms with E-state index in [1.165, 1.54) is 19.3 Å². The average Bonchev–Trinajstić information content (AvgIpc) is 2.78. The topological polar surface area (TPSA) is 38.0 Å². The summed E-state index contributed by atoms with van der Waals surface area (Å²) in [5.41, 5.74) is 7.59. The van der Waals surface area contributed by atoms with Crippen molar-refractivity contribution in [1.29, 1.82) is 0 Å². The maximum Gasteiger partial charge on any atom is 0.106 e. The Morgan fingerprint density at radius 2 is 2.28 bits per heavy atom. The van der Waals surface area contributed by atoms with E-state index in [4.69, 9.17) is 29.6 Å². The summed E-state index contributed by atoms with van der Waals surface area (Å²) in [7, 11) is 0. The van der Waals surface area contributed by atoms with Gasteiger partial charge in [0.1, 0.15) is 4.99 Å². The van der Waals surface area contributed by atoms with E-state index >= 15 is 0 Å². The molecule has 0 aromatic heterocycles. The number of benzene rings is 1. The fourth-order valence-corrected chi connectivity index (χ4v) is 3.70. The van der Waals surface area contributed by atoms with E-state index < -0.39 is 0 Å². The molecule has 0 bridgehead atoms. The number of nitrogens with one attached hydrogen (secondary N) is 1. The van der Waals surface area contributed by atoms with Gasteiger partial charge < -0.3 is 11.1 Å². The first-order valence-corrected chi connectivity index (χ1v) is 8.08. The second-order valence-corrected chi connectivity index (χ2v) is 6.46. The van der Waals surface area contributed by atoms with Gasteiger partial charge in [-0.2, -0.15) is 11.8 Å². The highest BCUT2D eigenvalue weighted by molar-refractivity contribution is 7.99. The number of thiocarbonyl (C=S) groups is 1. The Balaban J connectivity index is 2.20. The van der Waals surface area contributed by atoms with Crippen LogP contribution in [0.25, 0.3) is 0 Å². The van der Waals surface area contributed by atoms with Gasteiger partial charge in [-0.3, -0.25) is 0 Å². The molecule has 0 heterocycles. The van der Waals surface area contributed by atoms with Crippen molar-refractivity contribution in [3.05, 3.63) is 28.8 Å². The maximum atomic E-state index is 5.99. The number of anilines is 1. The molecule has 2 unspecified atom stereocenters. The van der Waals surface area contributed by atoms with Crippen molar-refractivity contribution in [2.75, 3.05) is 11.6 Å². The summed E-state index contributed by atoms with van der Waals surface area (Å²) in [6.45, 7) is 0. The molecule has 2 rings (SSSR count). The van der Waals surface area contributed by atoms with Crippen LogP contribution in [-0.2, 0) is 0 Å². The molecule has 0 radical (unpaired) electrons. The lowest BCUT2D eigenvalue weighted by atomic mass is 10.1. The monoisotopic (exact) mass is 300 g/mol. The van der Waals surface area contributed by atoms with Crippen molar-refractivity contribution in [2.45, 2.75) is 30.6 Å². The summed E-state index contributed by atoms with van der Waals surface area (Å²) in [6, 6.07) is 6.16. The van der Waals surface area contributed by atoms with E-state index in [2.05, 4.69) is 11.6 Å². The van der Waals surface area contributed by atoms with Crippen LogP contribution in [0.5, 0.6) is 0 Å². The summed E-state index contributed by atoms with van der Waals surface area (Å²) in [5, 5.41) is 4.90. The smallest absolute Gasteiger partial charge is 0.106 e. The predicted molar refractivity (Wildman–Crippen MR) is 85.9 cm³/mol. The van der Waals surface area contributed by atoms with Crippen LogP contribution in [0.4, 0.5) is 5.69 Å². The first kappa shape index (κ1) is 14.0. The van der Waals surface area contributed by atoms with Gasteiger partial charge in [0.15, 0.2) is 0 Å². The minimum atomic E-state index is 0.388. The zero-order chi connectivity index (χ0) is 13.1. The van der Waals surface area contributed by atoms with E-state index in [1.807, 2.05) is 30.0 Å². The van der Waals surface area contributed by atoms with Crippen LogP contribution in [0.2, 0.25) is 5.02 Å². The van der Waals surface area contributed by atoms with Crippen LogP contribution in [0.3, 0.4) is 0 Å². The number of thioether (sulfide) groups is 1. The third-order valence-electron chi connectivity index (χ3n) is 3.34. The minimum Gasteiger partial charge on any atom is -0.389 e. The molecule has 0 saturated heterocycles. The van der Waals surface area contributed by atoms with Gasteiger partial charge >= 0.3 is 0 Å². The standard InChI is InChI=1S/C13H17ClN2S2/c1-18-12-4-2-3-11(12)16-10-6-5-8(14)7-9(10)13(15)17/h5-7,11-12,16H,2-4H2,1H3,(H2,15,17). The fraction of sp³-hybridized carbons (Fsp3) is 0.462. The van der Waals surface area contributed by atoms with Crippen molar-refractivity contribution in [1.82, 2.24) is 0 Å². The molecule has 2 atom stereocenters. The van der Waals surface area contributed by atoms with Crippen LogP contribution in [-0.4, -0.2) is 22.5 Å². The SMILES string of the molecule is CSC1CCCC1Nc1ccc(Cl)cc1C(N)=S. The Kier molecular flexibility index (Phi) is 4.76. The molecule has 2 nitrogen and oxygen atoms in total. The molecule has 1 aromatic carbocycles. The van der Waals surface area contributed by atoms with Gasteiger partial charge in [-0.05, 0) is 37.3 Å². The predicted octanol–water partition coefficient (Wildman–Crippen LogP) is 3.67. The fourth-order valence-electron chi connectivity index (χ4n) is 2.42. The lowest BCUT2D eigenvalue weighted by molar-refractivity contribution is 0.768. The van der Waals surface area contributed by atoms with E-state index in [1.54, 1.807) is 0 Å². The van der Waals surface area contributed by atoms with Crippen molar-refractivity contribution >= 4 is 46.3 Å². The summed E-state index contributed by atoms with van der Waals surface area (Å²) in [6.07, 6.45) is 5.92. The highest BCUT2D eigenvalue weighted by Gasteiger charge is 2.26. The van der Waals surface area contributed by atoms with Gasteiger partial charge in [-0.1, -0.05) is 30.2 Å². The molecule has 1 aromatic rings. The highest BCUT2D eigenvalue weighted by atomic mass is 35.5. The number of rotatable bonds is 4. The van der Waals surface area contributed by atoms with Gasteiger partial charge in [0.05, 0.1) is 0 Å². The number of hydrogen-bond donors (Lipinski definition) is 2. The van der Waals surface area contributed by atoms with Crippen LogP contribution in [0, 0.1) is 0 Å². The lowest BCUT2D eigenvalue weighted by Gasteiger charge is -2.22. The number of halogens is 1. The first-order valence-electron chi connectivity index (χ1n) is 6.00. The van der Waals surface area contributed by atoms with Crippen LogP contribution in [0.1, 0.15) is 24.8 Å². The zero-order valence-electron chi connectivity index (χ0n) is 10.3. The average molecular weight is 301 g/mol. The Labute approximate surface area is 123 Å². The molecular weight excluding hydrogens is 284 g/mol. The van der Waals surface area contributed by atoms with Crippen molar-refractivity contribution < 1.29 is 0 Å². The zero-order valence-corrected chi connectivity index (χ0v) is 12.7. The van der Waals surface area contributed by atoms with Gasteiger partial charge in [-0.15, -0.1) is 0 Å². The summed E-state index contributed by atoms with van der Waals surface area (Å²) in [4.78, 5) is 0.388. The van der Waals surface area contributed by atoms with Crippen molar-refractivity contribution in [3.8, 4) is 0 Å². The van der Waals surface area contributed by atoms with Crippen LogP contribution >= 0.6 is 35.6 Å². The Morgan fingerprint density at radius 3 is 2.94 bits per heavy atom. The van der Waals surface area contributed by atoms with Crippen LogP contribution in [0.15, 0.2) is 18.2 Å². The molecule has 0 amide bonds. The largest absolute Gasteiger partial charge is 0.389 e. The van der Waals surface area contributed by atoms with E-state index in [0.29, 0.717) is 21.3 Å². The van der Waals surface area contributed by atoms with Crippen LogP contribution < -0.4 is 11.1 Å². The number of nitrogens with two attached hydrogens (primary N) is 1. The van der Waals surface area contributed by atoms with Gasteiger partial charge in [0.25, 0.3) is 0 Å². The third-order valence-corrected chi connectivity index (χ3v) is 4.97. The Bertz CT molecular complexity index is 451. The molecule has 1 saturated carbocycles. The lowest BCUT2D eigenvalue weighted by Crippen LogP contribution is -2.27. The summed E-state index contributed by atoms with van der Waals surface area (Å²) >= 11 is 13.0. The molecular formula is C13H17ClN2S2. The van der Waals surface area contributed by atoms with E-state index in [-0.39, 0.29) is 0 Å². The maximum absolute atomic E-state index is 5.99. The summed E-state index contributed by atoms with van der Waals surface area (Å²) in [5.74, 6) is 0. The Morgan fingerprint density at radius 1 is 1.50 bits per heavy atom. The normalized spacial score (nSPS) is 23.0. The van der Waals surface area contributed by atoms with Gasteiger partial charge in [-0.25, -0.2) is 0 Å².